The summed E-state index contributed by atoms with van der Waals surface area (Å²) in [6, 6.07) is 7.80. The molecule has 0 radical (unpaired) electrons. The molecule has 0 aliphatic rings. The quantitative estimate of drug-likeness (QED) is 0.458. The highest BCUT2D eigenvalue weighted by molar-refractivity contribution is 7.89. The van der Waals surface area contributed by atoms with E-state index < -0.39 is 27.3 Å². The average molecular weight is 493 g/mol. The van der Waals surface area contributed by atoms with Crippen molar-refractivity contribution < 1.29 is 17.6 Å². The third-order valence-electron chi connectivity index (χ3n) is 5.03. The van der Waals surface area contributed by atoms with Crippen molar-refractivity contribution in [2.45, 2.75) is 38.8 Å². The molecular formula is C22H25FN4O4S2. The summed E-state index contributed by atoms with van der Waals surface area (Å²) in [5, 5.41) is 2.66. The predicted molar refractivity (Wildman–Crippen MR) is 125 cm³/mol. The molecule has 3 aromatic rings. The van der Waals surface area contributed by atoms with Gasteiger partial charge in [0.05, 0.1) is 22.1 Å². The van der Waals surface area contributed by atoms with E-state index in [1.807, 2.05) is 12.3 Å². The molecule has 2 aromatic heterocycles. The summed E-state index contributed by atoms with van der Waals surface area (Å²) in [4.78, 5) is 31.4. The number of nitrogens with zero attached hydrogens (tertiary/aromatic N) is 4. The second kappa shape index (κ2) is 10.4. The molecule has 0 spiro atoms. The number of aromatic nitrogens is 2. The lowest BCUT2D eigenvalue weighted by molar-refractivity contribution is -0.119. The molecule has 0 bridgehead atoms. The summed E-state index contributed by atoms with van der Waals surface area (Å²) in [6.07, 6.45) is 1.18. The van der Waals surface area contributed by atoms with Crippen LogP contribution in [0, 0.1) is 12.7 Å². The van der Waals surface area contributed by atoms with Crippen molar-refractivity contribution in [2.24, 2.45) is 0 Å². The summed E-state index contributed by atoms with van der Waals surface area (Å²) >= 11 is 1.44. The summed E-state index contributed by atoms with van der Waals surface area (Å²) in [5.74, 6) is -0.909. The standard InChI is InChI=1S/C22H25FN4O4S2/c1-4-26(5-2)33(30,31)20-10-11-21(28)25(13-20)14-22(29)27(12-18-15-32-16(3)24-18)19-8-6-17(23)7-9-19/h6-11,13,15H,4-5,12,14H2,1-3H3. The predicted octanol–water partition coefficient (Wildman–Crippen LogP) is 3.02. The number of benzene rings is 1. The number of anilines is 1. The maximum absolute atomic E-state index is 13.4. The van der Waals surface area contributed by atoms with Gasteiger partial charge in [-0.25, -0.2) is 17.8 Å². The Hall–Kier alpha value is -2.89. The number of halogens is 1. The molecule has 0 atom stereocenters. The van der Waals surface area contributed by atoms with E-state index in [1.54, 1.807) is 13.8 Å². The van der Waals surface area contributed by atoms with E-state index in [1.165, 1.54) is 57.1 Å². The van der Waals surface area contributed by atoms with Gasteiger partial charge in [0.1, 0.15) is 12.4 Å². The van der Waals surface area contributed by atoms with Crippen LogP contribution in [0.5, 0.6) is 0 Å². The Bertz CT molecular complexity index is 1280. The summed E-state index contributed by atoms with van der Waals surface area (Å²) in [5.41, 5.74) is 0.581. The van der Waals surface area contributed by atoms with Crippen molar-refractivity contribution in [3.63, 3.8) is 0 Å². The smallest absolute Gasteiger partial charge is 0.251 e. The zero-order valence-corrected chi connectivity index (χ0v) is 20.2. The highest BCUT2D eigenvalue weighted by Gasteiger charge is 2.24. The highest BCUT2D eigenvalue weighted by atomic mass is 32.2. The molecule has 11 heteroatoms. The number of thiazole rings is 1. The number of pyridine rings is 1. The van der Waals surface area contributed by atoms with E-state index in [9.17, 15) is 22.4 Å². The molecule has 8 nitrogen and oxygen atoms in total. The maximum Gasteiger partial charge on any atom is 0.251 e. The topological polar surface area (TPSA) is 92.6 Å². The van der Waals surface area contributed by atoms with Gasteiger partial charge in [-0.15, -0.1) is 11.3 Å². The molecule has 0 aliphatic carbocycles. The Morgan fingerprint density at radius 3 is 2.36 bits per heavy atom. The number of aryl methyl sites for hydroxylation is 1. The minimum absolute atomic E-state index is 0.0675. The maximum atomic E-state index is 13.4. The Balaban J connectivity index is 1.94. The lowest BCUT2D eigenvalue weighted by Crippen LogP contribution is -2.37. The Kier molecular flexibility index (Phi) is 7.77. The first-order chi connectivity index (χ1) is 15.6. The number of rotatable bonds is 9. The monoisotopic (exact) mass is 492 g/mol. The molecule has 33 heavy (non-hydrogen) atoms. The van der Waals surface area contributed by atoms with Gasteiger partial charge < -0.3 is 9.47 Å². The zero-order valence-electron chi connectivity index (χ0n) is 18.6. The van der Waals surface area contributed by atoms with E-state index in [4.69, 9.17) is 0 Å². The number of amides is 1. The van der Waals surface area contributed by atoms with Crippen LogP contribution in [0.2, 0.25) is 0 Å². The van der Waals surface area contributed by atoms with Crippen molar-refractivity contribution in [3.8, 4) is 0 Å². The van der Waals surface area contributed by atoms with Crippen molar-refractivity contribution in [1.82, 2.24) is 13.9 Å². The summed E-state index contributed by atoms with van der Waals surface area (Å²) < 4.78 is 41.5. The number of carbonyl (C=O) groups is 1. The Morgan fingerprint density at radius 2 is 1.79 bits per heavy atom. The third-order valence-corrected chi connectivity index (χ3v) is 7.89. The average Bonchev–Trinajstić information content (AvgIpc) is 3.19. The van der Waals surface area contributed by atoms with Gasteiger partial charge >= 0.3 is 0 Å². The third kappa shape index (κ3) is 5.73. The molecule has 0 N–H and O–H groups in total. The Labute approximate surface area is 196 Å². The molecule has 176 valence electrons. The fourth-order valence-electron chi connectivity index (χ4n) is 3.32. The first-order valence-electron chi connectivity index (χ1n) is 10.3. The second-order valence-corrected chi connectivity index (χ2v) is 10.2. The number of carbonyl (C=O) groups excluding carboxylic acids is 1. The lowest BCUT2D eigenvalue weighted by Gasteiger charge is -2.23. The van der Waals surface area contributed by atoms with E-state index in [2.05, 4.69) is 4.98 Å². The van der Waals surface area contributed by atoms with Crippen LogP contribution in [0.3, 0.4) is 0 Å². The molecule has 0 saturated heterocycles. The van der Waals surface area contributed by atoms with E-state index >= 15 is 0 Å². The van der Waals surface area contributed by atoms with Gasteiger partial charge in [-0.05, 0) is 37.3 Å². The van der Waals surface area contributed by atoms with Crippen molar-refractivity contribution in [3.05, 3.63) is 74.8 Å². The van der Waals surface area contributed by atoms with Crippen LogP contribution in [0.15, 0.2) is 57.7 Å². The largest absolute Gasteiger partial charge is 0.305 e. The van der Waals surface area contributed by atoms with Gasteiger partial charge in [-0.1, -0.05) is 13.8 Å². The lowest BCUT2D eigenvalue weighted by atomic mass is 10.2. The molecule has 1 aromatic carbocycles. The van der Waals surface area contributed by atoms with Gasteiger partial charge in [0.2, 0.25) is 15.9 Å². The first-order valence-corrected chi connectivity index (χ1v) is 12.6. The number of hydrogen-bond acceptors (Lipinski definition) is 6. The SMILES string of the molecule is CCN(CC)S(=O)(=O)c1ccc(=O)n(CC(=O)N(Cc2csc(C)n2)c2ccc(F)cc2)c1. The van der Waals surface area contributed by atoms with Crippen LogP contribution in [0.4, 0.5) is 10.1 Å². The molecule has 0 aliphatic heterocycles. The van der Waals surface area contributed by atoms with Crippen LogP contribution in [-0.2, 0) is 27.9 Å². The van der Waals surface area contributed by atoms with Crippen molar-refractivity contribution >= 4 is 33.0 Å². The van der Waals surface area contributed by atoms with Crippen LogP contribution >= 0.6 is 11.3 Å². The van der Waals surface area contributed by atoms with Gasteiger partial charge in [-0.2, -0.15) is 4.31 Å². The van der Waals surface area contributed by atoms with E-state index in [-0.39, 0.29) is 31.1 Å². The minimum atomic E-state index is -3.80. The highest BCUT2D eigenvalue weighted by Crippen LogP contribution is 2.20. The molecule has 0 saturated carbocycles. The van der Waals surface area contributed by atoms with Gasteiger partial charge in [0, 0.05) is 36.4 Å². The minimum Gasteiger partial charge on any atom is -0.305 e. The zero-order chi connectivity index (χ0) is 24.2. The van der Waals surface area contributed by atoms with Crippen LogP contribution < -0.4 is 10.5 Å². The van der Waals surface area contributed by atoms with Crippen molar-refractivity contribution in [2.75, 3.05) is 18.0 Å². The van der Waals surface area contributed by atoms with Gasteiger partial charge in [-0.3, -0.25) is 9.59 Å². The van der Waals surface area contributed by atoms with E-state index in [0.717, 1.165) is 15.6 Å². The normalized spacial score (nSPS) is 11.7. The molecule has 2 heterocycles. The molecular weight excluding hydrogens is 467 g/mol. The van der Waals surface area contributed by atoms with Crippen molar-refractivity contribution in [1.29, 1.82) is 0 Å². The fourth-order valence-corrected chi connectivity index (χ4v) is 5.40. The van der Waals surface area contributed by atoms with Crippen LogP contribution in [0.1, 0.15) is 24.5 Å². The first kappa shape index (κ1) is 24.7. The summed E-state index contributed by atoms with van der Waals surface area (Å²) in [7, 11) is -3.80. The van der Waals surface area contributed by atoms with Gasteiger partial charge in [0.15, 0.2) is 0 Å². The molecule has 0 unspecified atom stereocenters. The van der Waals surface area contributed by atoms with Crippen LogP contribution in [-0.4, -0.2) is 41.3 Å². The van der Waals surface area contributed by atoms with Gasteiger partial charge in [0.25, 0.3) is 5.56 Å². The molecule has 0 fully saturated rings. The number of hydrogen-bond donors (Lipinski definition) is 0. The van der Waals surface area contributed by atoms with Crippen LogP contribution in [0.25, 0.3) is 0 Å². The van der Waals surface area contributed by atoms with E-state index in [0.29, 0.717) is 11.4 Å². The number of sulfonamides is 1. The summed E-state index contributed by atoms with van der Waals surface area (Å²) in [6.45, 7) is 5.59. The molecule has 1 amide bonds. The fraction of sp³-hybridized carbons (Fsp3) is 0.318. The Morgan fingerprint density at radius 1 is 1.12 bits per heavy atom. The second-order valence-electron chi connectivity index (χ2n) is 7.23. The molecule has 3 rings (SSSR count).